The second kappa shape index (κ2) is 67.7. The van der Waals surface area contributed by atoms with Crippen LogP contribution in [0.3, 0.4) is 0 Å². The fourth-order valence-electron chi connectivity index (χ4n) is 11.6. The summed E-state index contributed by atoms with van der Waals surface area (Å²) < 4.78 is 14.2. The quantitative estimate of drug-likeness (QED) is 0.00314. The van der Waals surface area contributed by atoms with Crippen LogP contribution in [-0.4, -0.2) is 276 Å². The number of carbonyl (C=O) groups is 7. The fourth-order valence-corrected chi connectivity index (χ4v) is 11.8. The van der Waals surface area contributed by atoms with Crippen molar-refractivity contribution in [3.05, 3.63) is 228 Å². The van der Waals surface area contributed by atoms with Crippen LogP contribution in [-0.2, 0) is 86.2 Å². The van der Waals surface area contributed by atoms with Gasteiger partial charge in [0, 0.05) is 162 Å². The van der Waals surface area contributed by atoms with Crippen molar-refractivity contribution in [1.82, 2.24) is 61.1 Å². The maximum Gasteiger partial charge on any atom is 1.00 e. The number of allylic oxidation sites excluding steroid dienone is 2. The summed E-state index contributed by atoms with van der Waals surface area (Å²) in [6, 6.07) is 51.9. The minimum Gasteiger partial charge on any atom is -0.662 e. The number of ether oxygens (including phenoxy) is 3. The zero-order valence-corrected chi connectivity index (χ0v) is 71.6. The Kier molecular flexibility index (Phi) is 60.5. The summed E-state index contributed by atoms with van der Waals surface area (Å²) in [5.74, 6) is 5.02. The number of alkyl halides is 2. The molecule has 0 radical (unpaired) electrons. The topological polar surface area (TPSA) is 341 Å². The van der Waals surface area contributed by atoms with Crippen LogP contribution in [0.25, 0.3) is 0 Å². The summed E-state index contributed by atoms with van der Waals surface area (Å²) in [6.07, 6.45) is 6.68. The van der Waals surface area contributed by atoms with Crippen molar-refractivity contribution >= 4 is 71.9 Å². The molecule has 9 N–H and O–H groups in total. The maximum absolute atomic E-state index is 12.2. The minimum atomic E-state index is -0.357. The third kappa shape index (κ3) is 49.0. The first-order valence-electron chi connectivity index (χ1n) is 38.7. The number of esters is 3. The molecule has 5 saturated heterocycles. The zero-order valence-electron chi connectivity index (χ0n) is 68.1. The van der Waals surface area contributed by atoms with E-state index in [1.54, 1.807) is 43.3 Å². The van der Waals surface area contributed by atoms with E-state index in [9.17, 15) is 39.0 Å². The molecular formula is C85H121Cl2N14NaO14. The van der Waals surface area contributed by atoms with Crippen molar-refractivity contribution in [2.24, 2.45) is 10.9 Å². The molecular weight excluding hydrogens is 1530 g/mol. The number of piperazine rings is 5. The Labute approximate surface area is 717 Å². The molecule has 5 heterocycles. The summed E-state index contributed by atoms with van der Waals surface area (Å²) in [5.41, 5.74) is 12.3. The van der Waals surface area contributed by atoms with Crippen LogP contribution in [0.5, 0.6) is 11.5 Å². The van der Waals surface area contributed by atoms with Gasteiger partial charge in [0.1, 0.15) is 17.4 Å². The van der Waals surface area contributed by atoms with Gasteiger partial charge in [0.2, 0.25) is 5.91 Å². The van der Waals surface area contributed by atoms with E-state index in [1.807, 2.05) is 74.5 Å². The number of rotatable bonds is 27. The van der Waals surface area contributed by atoms with E-state index < -0.39 is 0 Å². The maximum atomic E-state index is 12.2. The van der Waals surface area contributed by atoms with Gasteiger partial charge >= 0.3 is 47.5 Å². The zero-order chi connectivity index (χ0) is 83.7. The van der Waals surface area contributed by atoms with Gasteiger partial charge in [-0.1, -0.05) is 158 Å². The number of halogens is 2. The smallest absolute Gasteiger partial charge is 0.662 e. The summed E-state index contributed by atoms with van der Waals surface area (Å²) in [5, 5.41) is 41.7. The van der Waals surface area contributed by atoms with Crippen molar-refractivity contribution < 1.29 is 97.7 Å². The second-order valence-corrected chi connectivity index (χ2v) is 26.7. The number of nitrogens with zero attached hydrogens (tertiary/aromatic N) is 8. The number of nitrogens with two attached hydrogens (primary N) is 1. The molecule has 2 amide bonds. The summed E-state index contributed by atoms with van der Waals surface area (Å²) in [6.45, 7) is 38.0. The van der Waals surface area contributed by atoms with Crippen LogP contribution in [0, 0.1) is 0 Å². The largest absolute Gasteiger partial charge is 1.00 e. The molecule has 31 heteroatoms. The third-order valence-electron chi connectivity index (χ3n) is 17.5. The molecule has 0 aliphatic carbocycles. The number of hydrazone groups is 1. The van der Waals surface area contributed by atoms with Gasteiger partial charge in [-0.25, -0.2) is 11.3 Å². The Hall–Kier alpha value is -8.34. The van der Waals surface area contributed by atoms with Crippen molar-refractivity contribution in [3.63, 3.8) is 0 Å². The number of carbonyl (C=O) groups excluding carboxylic acids is 7. The van der Waals surface area contributed by atoms with Gasteiger partial charge < -0.3 is 50.5 Å². The summed E-state index contributed by atoms with van der Waals surface area (Å²) in [7, 11) is 0. The van der Waals surface area contributed by atoms with Gasteiger partial charge in [-0.15, -0.1) is 36.4 Å². The van der Waals surface area contributed by atoms with Gasteiger partial charge in [0.15, 0.2) is 6.29 Å². The first kappa shape index (κ1) is 104. The standard InChI is InChI=1S/C23H28N4O2.C15H22N2O2.C13H20N4O.C10H10O2.C8H16N2O2.C7H7Cl.C4H7ClO2.C4H10N2.CH2O3.Na/c1-2-7-20-10-6-11-21(23(20)29)16-24-25-22(28)18-27-14-12-26(13-15-27)17-19-8-4-3-5-9-19;1-2-19-15(18)13-17-10-8-16(9-11-17)12-14-6-4-3-5-7-14;14-15-13(18)11-17-8-6-16(7-9-17)10-12-4-2-1-3-5-12;1-2-4-8-5-3-6-9(7-11)10(8)12;1-2-12-8(11)7-10-5-3-9-4-6-10;8-6-7-4-2-1-3-5-7;1-2-7-4(6)3-5;1-2-6-4-3-5-1;2-1-4-3;/h2-6,8-11,16,29H,1,7,12-15,17-18H2,(H,25,28);3-7H,2,8-13H2,1H3;1-5H,6-11,14H2,(H,15,18);2-3,5-7,12H,1,4H2;9H,2-7H2,1H3;1-5H,6H2;2-3H2,1H3;5-6H,1-4H2;1,3H;/q;;;;;;;;;+1/p-1/b24-16+;;;;;;;;;. The van der Waals surface area contributed by atoms with E-state index in [2.05, 4.69) is 162 Å². The average Bonchev–Trinajstić information content (AvgIpc) is 0.879. The van der Waals surface area contributed by atoms with Crippen LogP contribution in [0.4, 0.5) is 0 Å². The molecule has 0 spiro atoms. The van der Waals surface area contributed by atoms with Crippen molar-refractivity contribution in [2.75, 3.05) is 183 Å². The molecule has 11 rings (SSSR count). The first-order valence-corrected chi connectivity index (χ1v) is 39.8. The van der Waals surface area contributed by atoms with Gasteiger partial charge in [0.05, 0.1) is 57.8 Å². The Bertz CT molecular complexity index is 3630. The van der Waals surface area contributed by atoms with Crippen LogP contribution < -0.4 is 67.5 Å². The molecule has 6 aromatic rings. The average molecular weight is 1660 g/mol. The summed E-state index contributed by atoms with van der Waals surface area (Å²) >= 11 is 10.6. The molecule has 0 unspecified atom stereocenters. The van der Waals surface area contributed by atoms with Crippen LogP contribution in [0.2, 0.25) is 0 Å². The van der Waals surface area contributed by atoms with Crippen molar-refractivity contribution in [1.29, 1.82) is 0 Å². The molecule has 28 nitrogen and oxygen atoms in total. The second-order valence-electron chi connectivity index (χ2n) is 26.2. The van der Waals surface area contributed by atoms with Gasteiger partial charge in [-0.2, -0.15) is 5.10 Å². The number of benzene rings is 6. The van der Waals surface area contributed by atoms with Crippen molar-refractivity contribution in [3.8, 4) is 11.5 Å². The van der Waals surface area contributed by atoms with E-state index in [1.165, 1.54) is 28.5 Å². The molecule has 116 heavy (non-hydrogen) atoms. The number of para-hydroxylation sites is 2. The molecule has 0 bridgehead atoms. The Morgan fingerprint density at radius 3 is 1.11 bits per heavy atom. The van der Waals surface area contributed by atoms with Gasteiger partial charge in [-0.05, 0) is 79.1 Å². The monoisotopic (exact) mass is 1650 g/mol. The van der Waals surface area contributed by atoms with Crippen LogP contribution in [0.15, 0.2) is 188 Å². The number of nitrogens with one attached hydrogen (secondary N) is 5. The van der Waals surface area contributed by atoms with Crippen molar-refractivity contribution in [2.45, 2.75) is 59.1 Å². The number of hydrazine groups is 1. The van der Waals surface area contributed by atoms with E-state index in [0.717, 1.165) is 162 Å². The van der Waals surface area contributed by atoms with E-state index in [-0.39, 0.29) is 83.1 Å². The number of amides is 2. The normalized spacial score (nSPS) is 14.9. The number of hydrogen-bond donors (Lipinski definition) is 8. The van der Waals surface area contributed by atoms with Crippen LogP contribution in [0.1, 0.15) is 70.1 Å². The molecule has 630 valence electrons. The van der Waals surface area contributed by atoms with Gasteiger partial charge in [0.25, 0.3) is 12.4 Å². The minimum absolute atomic E-state index is 0. The molecule has 5 fully saturated rings. The number of aldehydes is 1. The number of phenols is 2. The molecule has 6 aromatic carbocycles. The van der Waals surface area contributed by atoms with E-state index in [4.69, 9.17) is 48.6 Å². The van der Waals surface area contributed by atoms with E-state index >= 15 is 0 Å². The molecule has 0 saturated carbocycles. The predicted molar refractivity (Wildman–Crippen MR) is 451 cm³/mol. The summed E-state index contributed by atoms with van der Waals surface area (Å²) in [4.78, 5) is 93.2. The molecule has 5 aliphatic heterocycles. The molecule has 0 atom stereocenters. The van der Waals surface area contributed by atoms with Crippen LogP contribution >= 0.6 is 23.2 Å². The Morgan fingerprint density at radius 2 is 0.793 bits per heavy atom. The van der Waals surface area contributed by atoms with E-state index in [0.29, 0.717) is 82.1 Å². The Morgan fingerprint density at radius 1 is 0.466 bits per heavy atom. The number of hydrogen-bond acceptors (Lipinski definition) is 26. The Balaban J connectivity index is 0.000000467. The third-order valence-corrected chi connectivity index (χ3v) is 18.0. The number of phenolic OH excluding ortho intramolecular Hbond substituents is 2. The number of aromatic hydroxyl groups is 2. The fraction of sp³-hybridized carbons (Fsp3) is 0.435. The van der Waals surface area contributed by atoms with Gasteiger partial charge in [-0.3, -0.25) is 73.3 Å². The SMILES string of the molecule is C1CNCCN1.C=CCc1cccc(/C=N/NC(=O)CN2CCN(Cc3ccccc3)CC2)c1O.C=CCc1cccc(C=O)c1O.CCOC(=O)CCl.CCOC(=O)CN1CCN(Cc2ccccc2)CC1.CCOC(=O)CN1CCNCC1.ClCc1ccccc1.NNC(=O)CN1CCN(Cc2ccccc2)CC1.O=CO[O-].[Na+]. The first-order chi connectivity index (χ1) is 56.0. The predicted octanol–water partition coefficient (Wildman–Crippen LogP) is 2.77. The molecule has 0 aromatic heterocycles. The molecule has 5 aliphatic rings.